The maximum atomic E-state index is 13.1. The smallest absolute Gasteiger partial charge is 0.258 e. The van der Waals surface area contributed by atoms with E-state index >= 15 is 0 Å². The maximum Gasteiger partial charge on any atom is 0.313 e. The van der Waals surface area contributed by atoms with Gasteiger partial charge in [-0.25, -0.2) is 23.1 Å². The van der Waals surface area contributed by atoms with E-state index in [0.29, 0.717) is 12.1 Å². The minimum Gasteiger partial charge on any atom is -0.258 e. The van der Waals surface area contributed by atoms with E-state index in [1.807, 2.05) is 0 Å². The number of rotatable bonds is 2. The molecule has 1 aromatic carbocycles. The van der Waals surface area contributed by atoms with E-state index < -0.39 is 33.8 Å². The molecule has 19 heavy (non-hydrogen) atoms. The Bertz CT molecular complexity index is 658. The van der Waals surface area contributed by atoms with Gasteiger partial charge in [-0.2, -0.15) is 0 Å². The summed E-state index contributed by atoms with van der Waals surface area (Å²) >= 11 is 5.48. The molecule has 0 radical (unpaired) electrons. The zero-order chi connectivity index (χ0) is 14.2. The molecule has 0 spiro atoms. The molecule has 0 atom stereocenters. The fourth-order valence-corrected chi connectivity index (χ4v) is 1.53. The van der Waals surface area contributed by atoms with E-state index in [9.17, 15) is 23.3 Å². The average Bonchev–Trinajstić information content (AvgIpc) is 2.34. The van der Waals surface area contributed by atoms with Crippen molar-refractivity contribution in [2.75, 3.05) is 0 Å². The molecule has 0 saturated carbocycles. The van der Waals surface area contributed by atoms with Gasteiger partial charge in [0.2, 0.25) is 5.28 Å². The molecule has 0 fully saturated rings. The van der Waals surface area contributed by atoms with Gasteiger partial charge < -0.3 is 0 Å². The number of hydrogen-bond acceptors (Lipinski definition) is 4. The highest BCUT2D eigenvalue weighted by atomic mass is 35.5. The minimum absolute atomic E-state index is 0.313. The van der Waals surface area contributed by atoms with Gasteiger partial charge in [-0.05, 0) is 23.7 Å². The van der Waals surface area contributed by atoms with Crippen LogP contribution in [0, 0.1) is 27.6 Å². The first-order valence-electron chi connectivity index (χ1n) is 4.72. The Morgan fingerprint density at radius 1 is 1.21 bits per heavy atom. The first-order valence-corrected chi connectivity index (χ1v) is 5.10. The monoisotopic (exact) mass is 289 g/mol. The second kappa shape index (κ2) is 4.81. The molecular weight excluding hydrogens is 287 g/mol. The number of aromatic nitrogens is 2. The van der Waals surface area contributed by atoms with Crippen molar-refractivity contribution in [1.29, 1.82) is 0 Å². The van der Waals surface area contributed by atoms with Crippen LogP contribution in [-0.2, 0) is 0 Å². The van der Waals surface area contributed by atoms with E-state index in [1.54, 1.807) is 0 Å². The van der Waals surface area contributed by atoms with Crippen LogP contribution in [0.15, 0.2) is 18.3 Å². The van der Waals surface area contributed by atoms with Crippen LogP contribution >= 0.6 is 11.6 Å². The predicted molar refractivity (Wildman–Crippen MR) is 59.0 cm³/mol. The van der Waals surface area contributed by atoms with Crippen LogP contribution in [0.4, 0.5) is 18.9 Å². The van der Waals surface area contributed by atoms with Crippen LogP contribution < -0.4 is 0 Å². The second-order valence-electron chi connectivity index (χ2n) is 3.38. The van der Waals surface area contributed by atoms with Crippen LogP contribution in [0.1, 0.15) is 0 Å². The molecule has 0 aliphatic heterocycles. The highest BCUT2D eigenvalue weighted by molar-refractivity contribution is 6.28. The van der Waals surface area contributed by atoms with Gasteiger partial charge in [-0.3, -0.25) is 10.1 Å². The molecule has 0 saturated heterocycles. The number of hydrogen-bond donors (Lipinski definition) is 0. The summed E-state index contributed by atoms with van der Waals surface area (Å²) < 4.78 is 39.0. The van der Waals surface area contributed by atoms with Crippen LogP contribution in [0.5, 0.6) is 0 Å². The lowest BCUT2D eigenvalue weighted by Crippen LogP contribution is -1.99. The van der Waals surface area contributed by atoms with Crippen molar-refractivity contribution in [3.63, 3.8) is 0 Å². The largest absolute Gasteiger partial charge is 0.313 e. The molecule has 0 bridgehead atoms. The van der Waals surface area contributed by atoms with Crippen molar-refractivity contribution in [1.82, 2.24) is 9.97 Å². The summed E-state index contributed by atoms with van der Waals surface area (Å²) in [6.45, 7) is 0. The number of benzene rings is 1. The molecule has 1 aromatic heterocycles. The van der Waals surface area contributed by atoms with Crippen LogP contribution in [0.25, 0.3) is 11.3 Å². The summed E-state index contributed by atoms with van der Waals surface area (Å²) in [6.07, 6.45) is 0.795. The number of nitro groups is 1. The highest BCUT2D eigenvalue weighted by Gasteiger charge is 2.21. The molecular formula is C10H3ClF3N3O2. The topological polar surface area (TPSA) is 68.9 Å². The zero-order valence-corrected chi connectivity index (χ0v) is 9.66. The van der Waals surface area contributed by atoms with E-state index in [0.717, 1.165) is 6.20 Å². The van der Waals surface area contributed by atoms with Crippen molar-refractivity contribution in [2.45, 2.75) is 0 Å². The Hall–Kier alpha value is -2.22. The normalized spacial score (nSPS) is 10.5. The van der Waals surface area contributed by atoms with Gasteiger partial charge in [-0.1, -0.05) is 0 Å². The summed E-state index contributed by atoms with van der Waals surface area (Å²) in [7, 11) is 0. The van der Waals surface area contributed by atoms with Gasteiger partial charge >= 0.3 is 5.69 Å². The lowest BCUT2D eigenvalue weighted by atomic mass is 10.1. The fourth-order valence-electron chi connectivity index (χ4n) is 1.39. The lowest BCUT2D eigenvalue weighted by molar-refractivity contribution is -0.384. The molecule has 0 amide bonds. The lowest BCUT2D eigenvalue weighted by Gasteiger charge is -2.04. The van der Waals surface area contributed by atoms with Gasteiger partial charge in [0.05, 0.1) is 4.92 Å². The Balaban J connectivity index is 2.71. The van der Waals surface area contributed by atoms with Crippen molar-refractivity contribution < 1.29 is 18.1 Å². The molecule has 98 valence electrons. The SMILES string of the molecule is O=[N+]([O-])c1cnc(Cl)nc1-c1cc(F)c(F)c(F)c1. The van der Waals surface area contributed by atoms with Crippen LogP contribution in [0.3, 0.4) is 0 Å². The van der Waals surface area contributed by atoms with Crippen LogP contribution in [0.2, 0.25) is 5.28 Å². The molecule has 1 heterocycles. The third kappa shape index (κ3) is 2.48. The van der Waals surface area contributed by atoms with Crippen molar-refractivity contribution in [2.24, 2.45) is 0 Å². The van der Waals surface area contributed by atoms with Crippen molar-refractivity contribution >= 4 is 17.3 Å². The molecule has 2 rings (SSSR count). The average molecular weight is 290 g/mol. The quantitative estimate of drug-likeness (QED) is 0.369. The van der Waals surface area contributed by atoms with E-state index in [1.165, 1.54) is 0 Å². The van der Waals surface area contributed by atoms with Crippen molar-refractivity contribution in [3.8, 4) is 11.3 Å². The van der Waals surface area contributed by atoms with Crippen LogP contribution in [-0.4, -0.2) is 14.9 Å². The Labute approximate surface area is 108 Å². The van der Waals surface area contributed by atoms with E-state index in [4.69, 9.17) is 11.6 Å². The molecule has 0 aliphatic carbocycles. The maximum absolute atomic E-state index is 13.1. The summed E-state index contributed by atoms with van der Waals surface area (Å²) in [5.74, 6) is -4.65. The summed E-state index contributed by atoms with van der Waals surface area (Å²) in [5, 5.41) is 10.4. The number of halogens is 4. The third-order valence-electron chi connectivity index (χ3n) is 2.19. The Morgan fingerprint density at radius 2 is 1.79 bits per heavy atom. The molecule has 5 nitrogen and oxygen atoms in total. The van der Waals surface area contributed by atoms with E-state index in [-0.39, 0.29) is 10.8 Å². The van der Waals surface area contributed by atoms with Crippen molar-refractivity contribution in [3.05, 3.63) is 51.2 Å². The van der Waals surface area contributed by atoms with Gasteiger partial charge in [0.15, 0.2) is 23.1 Å². The third-order valence-corrected chi connectivity index (χ3v) is 2.38. The van der Waals surface area contributed by atoms with Gasteiger partial charge in [0, 0.05) is 5.56 Å². The predicted octanol–water partition coefficient (Wildman–Crippen LogP) is 3.12. The zero-order valence-electron chi connectivity index (χ0n) is 8.90. The first-order chi connectivity index (χ1) is 8.90. The Morgan fingerprint density at radius 3 is 2.32 bits per heavy atom. The van der Waals surface area contributed by atoms with Gasteiger partial charge in [0.1, 0.15) is 6.20 Å². The highest BCUT2D eigenvalue weighted by Crippen LogP contribution is 2.30. The Kier molecular flexibility index (Phi) is 3.34. The minimum atomic E-state index is -1.67. The second-order valence-corrected chi connectivity index (χ2v) is 3.72. The first kappa shape index (κ1) is 13.2. The summed E-state index contributed by atoms with van der Waals surface area (Å²) in [5.41, 5.74) is -1.31. The fraction of sp³-hybridized carbons (Fsp3) is 0. The molecule has 0 N–H and O–H groups in total. The van der Waals surface area contributed by atoms with Gasteiger partial charge in [-0.15, -0.1) is 0 Å². The molecule has 2 aromatic rings. The number of nitrogens with zero attached hydrogens (tertiary/aromatic N) is 3. The molecule has 0 aliphatic rings. The summed E-state index contributed by atoms with van der Waals surface area (Å²) in [6, 6.07) is 1.17. The van der Waals surface area contributed by atoms with Gasteiger partial charge in [0.25, 0.3) is 0 Å². The molecule has 0 unspecified atom stereocenters. The van der Waals surface area contributed by atoms with E-state index in [2.05, 4.69) is 9.97 Å². The summed E-state index contributed by atoms with van der Waals surface area (Å²) in [4.78, 5) is 16.9. The standard InChI is InChI=1S/C10H3ClF3N3O2/c11-10-15-3-7(17(18)19)9(16-10)4-1-5(12)8(14)6(13)2-4/h1-3H. The molecule has 9 heteroatoms.